The van der Waals surface area contributed by atoms with Crippen LogP contribution < -0.4 is 5.32 Å². The van der Waals surface area contributed by atoms with E-state index in [1.54, 1.807) is 6.07 Å². The first-order valence-corrected chi connectivity index (χ1v) is 6.71. The van der Waals surface area contributed by atoms with Gasteiger partial charge in [-0.3, -0.25) is 4.98 Å². The molecule has 1 saturated carbocycles. The molecule has 1 spiro atoms. The van der Waals surface area contributed by atoms with Crippen LogP contribution >= 0.6 is 0 Å². The summed E-state index contributed by atoms with van der Waals surface area (Å²) in [7, 11) is 0. The zero-order valence-corrected chi connectivity index (χ0v) is 10.5. The Morgan fingerprint density at radius 2 is 2.17 bits per heavy atom. The minimum absolute atomic E-state index is 0.0504. The van der Waals surface area contributed by atoms with Crippen LogP contribution in [0.1, 0.15) is 37.5 Å². The van der Waals surface area contributed by atoms with Crippen molar-refractivity contribution in [3.8, 4) is 0 Å². The average molecular weight is 250 g/mol. The molecule has 1 unspecified atom stereocenters. The second-order valence-corrected chi connectivity index (χ2v) is 5.54. The first-order valence-electron chi connectivity index (χ1n) is 6.71. The number of ether oxygens (including phenoxy) is 1. The molecular formula is C14H19FN2O. The van der Waals surface area contributed by atoms with E-state index in [-0.39, 0.29) is 11.9 Å². The maximum Gasteiger partial charge on any atom is 0.141 e. The van der Waals surface area contributed by atoms with Gasteiger partial charge in [0.1, 0.15) is 11.9 Å². The third-order valence-electron chi connectivity index (χ3n) is 4.16. The quantitative estimate of drug-likeness (QED) is 0.831. The average Bonchev–Trinajstić information content (AvgIpc) is 2.73. The molecule has 4 heteroatoms. The first kappa shape index (κ1) is 12.1. The number of pyridine rings is 1. The molecule has 1 aromatic heterocycles. The van der Waals surface area contributed by atoms with Crippen molar-refractivity contribution < 1.29 is 9.13 Å². The lowest BCUT2D eigenvalue weighted by Crippen LogP contribution is -2.32. The van der Waals surface area contributed by atoms with E-state index >= 15 is 0 Å². The number of rotatable bonds is 1. The van der Waals surface area contributed by atoms with Gasteiger partial charge in [-0.1, -0.05) is 12.8 Å². The Labute approximate surface area is 107 Å². The molecule has 1 aliphatic heterocycles. The minimum atomic E-state index is -0.299. The molecule has 3 nitrogen and oxygen atoms in total. The fourth-order valence-corrected chi connectivity index (χ4v) is 3.07. The van der Waals surface area contributed by atoms with Crippen LogP contribution in [0.5, 0.6) is 0 Å². The lowest BCUT2D eigenvalue weighted by atomic mass is 9.87. The van der Waals surface area contributed by atoms with E-state index in [4.69, 9.17) is 4.74 Å². The van der Waals surface area contributed by atoms with Gasteiger partial charge in [0.25, 0.3) is 0 Å². The Morgan fingerprint density at radius 3 is 2.89 bits per heavy atom. The SMILES string of the molecule is Fc1ccc(C2CNCC3(CCCC3)CO2)nc1. The lowest BCUT2D eigenvalue weighted by molar-refractivity contribution is 0.0137. The van der Waals surface area contributed by atoms with Gasteiger partial charge >= 0.3 is 0 Å². The molecule has 1 aliphatic carbocycles. The summed E-state index contributed by atoms with van der Waals surface area (Å²) in [6.45, 7) is 2.59. The first-order chi connectivity index (χ1) is 8.77. The van der Waals surface area contributed by atoms with Gasteiger partial charge in [0.15, 0.2) is 0 Å². The van der Waals surface area contributed by atoms with Crippen molar-refractivity contribution in [2.24, 2.45) is 5.41 Å². The van der Waals surface area contributed by atoms with E-state index in [1.807, 2.05) is 0 Å². The number of halogens is 1. The van der Waals surface area contributed by atoms with Crippen molar-refractivity contribution in [2.75, 3.05) is 19.7 Å². The van der Waals surface area contributed by atoms with Crippen molar-refractivity contribution in [1.82, 2.24) is 10.3 Å². The molecule has 1 N–H and O–H groups in total. The van der Waals surface area contributed by atoms with Crippen molar-refractivity contribution in [3.63, 3.8) is 0 Å². The highest BCUT2D eigenvalue weighted by Gasteiger charge is 2.36. The largest absolute Gasteiger partial charge is 0.370 e. The minimum Gasteiger partial charge on any atom is -0.370 e. The third-order valence-corrected chi connectivity index (χ3v) is 4.16. The van der Waals surface area contributed by atoms with Crippen LogP contribution in [-0.4, -0.2) is 24.7 Å². The van der Waals surface area contributed by atoms with Crippen LogP contribution in [0.3, 0.4) is 0 Å². The van der Waals surface area contributed by atoms with E-state index < -0.39 is 0 Å². The van der Waals surface area contributed by atoms with Gasteiger partial charge in [0, 0.05) is 18.5 Å². The summed E-state index contributed by atoms with van der Waals surface area (Å²) in [5, 5.41) is 3.48. The van der Waals surface area contributed by atoms with Crippen LogP contribution in [0.15, 0.2) is 18.3 Å². The Balaban J connectivity index is 1.70. The van der Waals surface area contributed by atoms with Gasteiger partial charge in [0.05, 0.1) is 18.5 Å². The number of nitrogens with one attached hydrogen (secondary N) is 1. The second-order valence-electron chi connectivity index (χ2n) is 5.54. The number of nitrogens with zero attached hydrogens (tertiary/aromatic N) is 1. The summed E-state index contributed by atoms with van der Waals surface area (Å²) in [4.78, 5) is 4.12. The van der Waals surface area contributed by atoms with E-state index in [9.17, 15) is 4.39 Å². The summed E-state index contributed by atoms with van der Waals surface area (Å²) in [6, 6.07) is 3.16. The van der Waals surface area contributed by atoms with Crippen molar-refractivity contribution in [1.29, 1.82) is 0 Å². The predicted octanol–water partition coefficient (Wildman–Crippen LogP) is 2.44. The Morgan fingerprint density at radius 1 is 1.33 bits per heavy atom. The molecule has 3 rings (SSSR count). The molecule has 2 fully saturated rings. The highest BCUT2D eigenvalue weighted by molar-refractivity contribution is 5.09. The van der Waals surface area contributed by atoms with E-state index in [2.05, 4.69) is 10.3 Å². The summed E-state index contributed by atoms with van der Waals surface area (Å²) >= 11 is 0. The maximum absolute atomic E-state index is 12.9. The van der Waals surface area contributed by atoms with E-state index in [1.165, 1.54) is 37.9 Å². The highest BCUT2D eigenvalue weighted by Crippen LogP contribution is 2.40. The number of hydrogen-bond acceptors (Lipinski definition) is 3. The number of hydrogen-bond donors (Lipinski definition) is 1. The molecule has 1 saturated heterocycles. The molecule has 0 radical (unpaired) electrons. The second kappa shape index (κ2) is 4.94. The van der Waals surface area contributed by atoms with E-state index in [0.29, 0.717) is 5.41 Å². The van der Waals surface area contributed by atoms with E-state index in [0.717, 1.165) is 25.4 Å². The molecular weight excluding hydrogens is 231 g/mol. The van der Waals surface area contributed by atoms with Gasteiger partial charge in [-0.15, -0.1) is 0 Å². The molecule has 2 heterocycles. The Hall–Kier alpha value is -1.00. The zero-order chi connectivity index (χ0) is 12.4. The van der Waals surface area contributed by atoms with Crippen molar-refractivity contribution in [2.45, 2.75) is 31.8 Å². The Bertz CT molecular complexity index is 401. The molecule has 2 aliphatic rings. The predicted molar refractivity (Wildman–Crippen MR) is 66.7 cm³/mol. The summed E-state index contributed by atoms with van der Waals surface area (Å²) < 4.78 is 18.9. The lowest BCUT2D eigenvalue weighted by Gasteiger charge is -2.26. The van der Waals surface area contributed by atoms with Gasteiger partial charge in [-0.2, -0.15) is 0 Å². The van der Waals surface area contributed by atoms with Crippen LogP contribution in [0.25, 0.3) is 0 Å². The summed E-state index contributed by atoms with van der Waals surface area (Å²) in [5.41, 5.74) is 1.15. The van der Waals surface area contributed by atoms with Crippen molar-refractivity contribution in [3.05, 3.63) is 29.8 Å². The van der Waals surface area contributed by atoms with Crippen molar-refractivity contribution >= 4 is 0 Å². The van der Waals surface area contributed by atoms with Crippen LogP contribution in [0, 0.1) is 11.2 Å². The fourth-order valence-electron chi connectivity index (χ4n) is 3.07. The molecule has 0 bridgehead atoms. The standard InChI is InChI=1S/C14H19FN2O/c15-11-3-4-12(17-7-11)13-8-16-9-14(10-18-13)5-1-2-6-14/h3-4,7,13,16H,1-2,5-6,8-10H2. The molecule has 0 amide bonds. The Kier molecular flexibility index (Phi) is 3.31. The van der Waals surface area contributed by atoms with Gasteiger partial charge in [-0.05, 0) is 25.0 Å². The molecule has 1 aromatic rings. The van der Waals surface area contributed by atoms with Gasteiger partial charge in [-0.25, -0.2) is 4.39 Å². The normalized spacial score (nSPS) is 27.3. The smallest absolute Gasteiger partial charge is 0.141 e. The van der Waals surface area contributed by atoms with Crippen LogP contribution in [0.4, 0.5) is 4.39 Å². The summed E-state index contributed by atoms with van der Waals surface area (Å²) in [6.07, 6.45) is 6.34. The van der Waals surface area contributed by atoms with Gasteiger partial charge in [0.2, 0.25) is 0 Å². The zero-order valence-electron chi connectivity index (χ0n) is 10.5. The fraction of sp³-hybridized carbons (Fsp3) is 0.643. The molecule has 98 valence electrons. The number of aromatic nitrogens is 1. The highest BCUT2D eigenvalue weighted by atomic mass is 19.1. The molecule has 1 atom stereocenters. The summed E-state index contributed by atoms with van der Waals surface area (Å²) in [5.74, 6) is -0.299. The molecule has 18 heavy (non-hydrogen) atoms. The van der Waals surface area contributed by atoms with Gasteiger partial charge < -0.3 is 10.1 Å². The monoisotopic (exact) mass is 250 g/mol. The van der Waals surface area contributed by atoms with Crippen LogP contribution in [0.2, 0.25) is 0 Å². The molecule has 0 aromatic carbocycles. The third kappa shape index (κ3) is 2.40. The maximum atomic E-state index is 12.9. The van der Waals surface area contributed by atoms with Crippen LogP contribution in [-0.2, 0) is 4.74 Å². The topological polar surface area (TPSA) is 34.1 Å².